The summed E-state index contributed by atoms with van der Waals surface area (Å²) in [6.07, 6.45) is 1.13. The topological polar surface area (TPSA) is 82.3 Å². The molecule has 0 saturated heterocycles. The Morgan fingerprint density at radius 3 is 2.90 bits per heavy atom. The Hall–Kier alpha value is -1.86. The normalized spacial score (nSPS) is 10.7. The van der Waals surface area contributed by atoms with Crippen LogP contribution in [0.2, 0.25) is 0 Å². The summed E-state index contributed by atoms with van der Waals surface area (Å²) < 4.78 is 5.54. The van der Waals surface area contributed by atoms with Crippen LogP contribution < -0.4 is 0 Å². The number of ketones is 1. The number of ether oxygens (including phenoxy) is 1. The molecule has 6 nitrogen and oxygen atoms in total. The molecule has 0 fully saturated rings. The summed E-state index contributed by atoms with van der Waals surface area (Å²) in [5.74, 6) is -0.219. The van der Waals surface area contributed by atoms with E-state index in [2.05, 4.69) is 20.9 Å². The van der Waals surface area contributed by atoms with Crippen molar-refractivity contribution in [3.63, 3.8) is 0 Å². The van der Waals surface area contributed by atoms with Gasteiger partial charge in [0, 0.05) is 29.0 Å². The average Bonchev–Trinajstić information content (AvgIpc) is 2.39. The zero-order valence-electron chi connectivity index (χ0n) is 10.6. The molecule has 0 radical (unpaired) electrons. The molecule has 2 rings (SSSR count). The number of methoxy groups -OCH3 is 1. The minimum atomic E-state index is -0.525. The van der Waals surface area contributed by atoms with Gasteiger partial charge in [0.2, 0.25) is 0 Å². The van der Waals surface area contributed by atoms with Gasteiger partial charge in [0.25, 0.3) is 5.69 Å². The molecule has 0 saturated carbocycles. The number of nitro groups is 1. The molecule has 0 amide bonds. The van der Waals surface area contributed by atoms with E-state index in [9.17, 15) is 14.9 Å². The number of halogens is 1. The van der Waals surface area contributed by atoms with E-state index in [-0.39, 0.29) is 24.5 Å². The molecule has 0 spiro atoms. The maximum absolute atomic E-state index is 11.7. The number of hydrogen-bond acceptors (Lipinski definition) is 5. The first-order valence-corrected chi connectivity index (χ1v) is 6.54. The lowest BCUT2D eigenvalue weighted by Crippen LogP contribution is -2.11. The van der Waals surface area contributed by atoms with E-state index in [1.54, 1.807) is 18.2 Å². The second kappa shape index (κ2) is 6.06. The minimum absolute atomic E-state index is 0.0559. The molecule has 20 heavy (non-hydrogen) atoms. The van der Waals surface area contributed by atoms with Crippen LogP contribution in [0.4, 0.5) is 5.69 Å². The maximum atomic E-state index is 11.7. The van der Waals surface area contributed by atoms with Crippen molar-refractivity contribution in [2.75, 3.05) is 13.7 Å². The van der Waals surface area contributed by atoms with Crippen LogP contribution in [-0.2, 0) is 16.0 Å². The monoisotopic (exact) mass is 338 g/mol. The molecular formula is C13H11BrN2O4. The average molecular weight is 339 g/mol. The van der Waals surface area contributed by atoms with Crippen LogP contribution in [-0.4, -0.2) is 29.4 Å². The van der Waals surface area contributed by atoms with E-state index in [1.165, 1.54) is 13.3 Å². The fourth-order valence-corrected chi connectivity index (χ4v) is 2.32. The van der Waals surface area contributed by atoms with Gasteiger partial charge in [-0.05, 0) is 18.2 Å². The van der Waals surface area contributed by atoms with Crippen LogP contribution in [0.3, 0.4) is 0 Å². The zero-order chi connectivity index (χ0) is 14.7. The lowest BCUT2D eigenvalue weighted by molar-refractivity contribution is -0.385. The van der Waals surface area contributed by atoms with Crippen molar-refractivity contribution in [1.29, 1.82) is 0 Å². The van der Waals surface area contributed by atoms with Crippen LogP contribution in [0, 0.1) is 10.1 Å². The maximum Gasteiger partial charge on any atom is 0.291 e. The Balaban J connectivity index is 2.61. The number of hydrogen-bond donors (Lipinski definition) is 0. The highest BCUT2D eigenvalue weighted by Crippen LogP contribution is 2.29. The summed E-state index contributed by atoms with van der Waals surface area (Å²) in [4.78, 5) is 26.4. The molecule has 0 aliphatic rings. The van der Waals surface area contributed by atoms with Crippen molar-refractivity contribution in [2.45, 2.75) is 6.42 Å². The number of fused-ring (bicyclic) bond motifs is 1. The standard InChI is InChI=1S/C13H11BrN2O4/c1-20-7-9(17)5-11-10-4-8(14)2-3-12(10)15-6-13(11)16(18)19/h2-4,6H,5,7H2,1H3. The molecule has 0 unspecified atom stereocenters. The lowest BCUT2D eigenvalue weighted by Gasteiger charge is -2.07. The lowest BCUT2D eigenvalue weighted by atomic mass is 10.0. The number of benzene rings is 1. The van der Waals surface area contributed by atoms with Gasteiger partial charge >= 0.3 is 0 Å². The van der Waals surface area contributed by atoms with Crippen molar-refractivity contribution >= 4 is 38.3 Å². The third-order valence-electron chi connectivity index (χ3n) is 2.79. The Kier molecular flexibility index (Phi) is 4.41. The Morgan fingerprint density at radius 2 is 2.25 bits per heavy atom. The highest BCUT2D eigenvalue weighted by atomic mass is 79.9. The van der Waals surface area contributed by atoms with Crippen molar-refractivity contribution < 1.29 is 14.5 Å². The van der Waals surface area contributed by atoms with Gasteiger partial charge in [-0.2, -0.15) is 0 Å². The van der Waals surface area contributed by atoms with Gasteiger partial charge in [-0.3, -0.25) is 14.9 Å². The van der Waals surface area contributed by atoms with Crippen LogP contribution in [0.25, 0.3) is 10.9 Å². The van der Waals surface area contributed by atoms with Crippen molar-refractivity contribution in [1.82, 2.24) is 4.98 Å². The Bertz CT molecular complexity index is 687. The molecule has 0 atom stereocenters. The first kappa shape index (κ1) is 14.5. The van der Waals surface area contributed by atoms with Gasteiger partial charge in [0.1, 0.15) is 12.8 Å². The molecular weight excluding hydrogens is 328 g/mol. The van der Waals surface area contributed by atoms with Crippen molar-refractivity contribution in [3.8, 4) is 0 Å². The largest absolute Gasteiger partial charge is 0.377 e. The van der Waals surface area contributed by atoms with E-state index in [1.807, 2.05) is 0 Å². The van der Waals surface area contributed by atoms with E-state index in [4.69, 9.17) is 4.74 Å². The molecule has 0 aliphatic carbocycles. The number of carbonyl (C=O) groups excluding carboxylic acids is 1. The quantitative estimate of drug-likeness (QED) is 0.618. The number of Topliss-reactive ketones (excluding diaryl/α,β-unsaturated/α-hetero) is 1. The Labute approximate surface area is 123 Å². The van der Waals surface area contributed by atoms with Gasteiger partial charge in [0.15, 0.2) is 5.78 Å². The van der Waals surface area contributed by atoms with Gasteiger partial charge < -0.3 is 4.74 Å². The fourth-order valence-electron chi connectivity index (χ4n) is 1.96. The predicted octanol–water partition coefficient (Wildman–Crippen LogP) is 2.66. The molecule has 1 aromatic carbocycles. The summed E-state index contributed by atoms with van der Waals surface area (Å²) in [5.41, 5.74) is 0.822. The second-order valence-corrected chi connectivity index (χ2v) is 5.10. The van der Waals surface area contributed by atoms with E-state index >= 15 is 0 Å². The van der Waals surface area contributed by atoms with E-state index in [0.29, 0.717) is 16.5 Å². The van der Waals surface area contributed by atoms with Gasteiger partial charge in [-0.25, -0.2) is 4.98 Å². The van der Waals surface area contributed by atoms with Crippen LogP contribution in [0.1, 0.15) is 5.56 Å². The number of carbonyl (C=O) groups is 1. The molecule has 1 aromatic heterocycles. The molecule has 1 heterocycles. The summed E-state index contributed by atoms with van der Waals surface area (Å²) in [5, 5.41) is 11.7. The molecule has 104 valence electrons. The highest BCUT2D eigenvalue weighted by molar-refractivity contribution is 9.10. The third kappa shape index (κ3) is 3.00. The summed E-state index contributed by atoms with van der Waals surface area (Å²) in [6.45, 7) is -0.0744. The number of nitrogens with zero attached hydrogens (tertiary/aromatic N) is 2. The molecule has 0 aliphatic heterocycles. The SMILES string of the molecule is COCC(=O)Cc1c([N+](=O)[O-])cnc2ccc(Br)cc12. The van der Waals surface area contributed by atoms with Crippen LogP contribution >= 0.6 is 15.9 Å². The highest BCUT2D eigenvalue weighted by Gasteiger charge is 2.20. The van der Waals surface area contributed by atoms with Gasteiger partial charge in [0.05, 0.1) is 10.4 Å². The van der Waals surface area contributed by atoms with Gasteiger partial charge in [-0.1, -0.05) is 15.9 Å². The number of aromatic nitrogens is 1. The smallest absolute Gasteiger partial charge is 0.291 e. The van der Waals surface area contributed by atoms with E-state index in [0.717, 1.165) is 4.47 Å². The molecule has 0 bridgehead atoms. The fraction of sp³-hybridized carbons (Fsp3) is 0.231. The Morgan fingerprint density at radius 1 is 1.50 bits per heavy atom. The van der Waals surface area contributed by atoms with Crippen molar-refractivity contribution in [3.05, 3.63) is 44.5 Å². The summed E-state index contributed by atoms with van der Waals surface area (Å²) >= 11 is 3.32. The predicted molar refractivity (Wildman–Crippen MR) is 76.7 cm³/mol. The van der Waals surface area contributed by atoms with Crippen LogP contribution in [0.15, 0.2) is 28.9 Å². The van der Waals surface area contributed by atoms with Gasteiger partial charge in [-0.15, -0.1) is 0 Å². The molecule has 2 aromatic rings. The number of pyridine rings is 1. The number of rotatable bonds is 5. The summed E-state index contributed by atoms with van der Waals surface area (Å²) in [7, 11) is 1.41. The van der Waals surface area contributed by atoms with Crippen molar-refractivity contribution in [2.24, 2.45) is 0 Å². The van der Waals surface area contributed by atoms with Crippen LogP contribution in [0.5, 0.6) is 0 Å². The second-order valence-electron chi connectivity index (χ2n) is 4.19. The first-order chi connectivity index (χ1) is 9.52. The minimum Gasteiger partial charge on any atom is -0.377 e. The molecule has 0 N–H and O–H groups in total. The third-order valence-corrected chi connectivity index (χ3v) is 3.29. The van der Waals surface area contributed by atoms with E-state index < -0.39 is 4.92 Å². The zero-order valence-corrected chi connectivity index (χ0v) is 12.2. The summed E-state index contributed by atoms with van der Waals surface area (Å²) in [6, 6.07) is 5.26. The first-order valence-electron chi connectivity index (χ1n) is 5.75. The molecule has 7 heteroatoms.